The molecule has 3 rings (SSSR count). The maximum absolute atomic E-state index is 10.8. The van der Waals surface area contributed by atoms with E-state index in [-0.39, 0.29) is 5.88 Å². The van der Waals surface area contributed by atoms with Crippen LogP contribution < -0.4 is 0 Å². The first-order chi connectivity index (χ1) is 11.5. The zero-order valence-corrected chi connectivity index (χ0v) is 13.7. The van der Waals surface area contributed by atoms with E-state index in [4.69, 9.17) is 27.6 Å². The average Bonchev–Trinajstić information content (AvgIpc) is 3.02. The Kier molecular flexibility index (Phi) is 4.38. The van der Waals surface area contributed by atoms with E-state index >= 15 is 0 Å². The quantitative estimate of drug-likeness (QED) is 0.342. The molecule has 0 amide bonds. The number of halogens is 2. The molecule has 0 N–H and O–H groups in total. The van der Waals surface area contributed by atoms with Crippen molar-refractivity contribution in [2.75, 3.05) is 0 Å². The molecule has 0 saturated carbocycles. The Labute approximate surface area is 147 Å². The second-order valence-corrected chi connectivity index (χ2v) is 5.71. The van der Waals surface area contributed by atoms with Gasteiger partial charge in [-0.3, -0.25) is 10.1 Å². The van der Waals surface area contributed by atoms with E-state index in [1.165, 1.54) is 12.1 Å². The summed E-state index contributed by atoms with van der Waals surface area (Å²) < 4.78 is 5.27. The molecular weight excluding hydrogens is 351 g/mol. The van der Waals surface area contributed by atoms with Crippen LogP contribution in [0.15, 0.2) is 59.5 Å². The topological polar surface area (TPSA) is 69.2 Å². The Bertz CT molecular complexity index is 993. The number of pyridine rings is 1. The second kappa shape index (κ2) is 6.47. The normalized spacial score (nSPS) is 11.7. The van der Waals surface area contributed by atoms with Crippen LogP contribution in [0.25, 0.3) is 16.5 Å². The molecule has 0 bridgehead atoms. The highest BCUT2D eigenvalue weighted by atomic mass is 35.5. The summed E-state index contributed by atoms with van der Waals surface area (Å²) in [4.78, 5) is 14.7. The number of aromatic nitrogens is 1. The lowest BCUT2D eigenvalue weighted by Gasteiger charge is -2.07. The first kappa shape index (κ1) is 16.2. The number of nitro groups is 1. The third-order valence-corrected chi connectivity index (χ3v) is 3.87. The first-order valence-corrected chi connectivity index (χ1v) is 7.58. The lowest BCUT2D eigenvalue weighted by molar-refractivity contribution is -0.402. The van der Waals surface area contributed by atoms with Crippen LogP contribution in [0.5, 0.6) is 0 Å². The van der Waals surface area contributed by atoms with Crippen LogP contribution in [0.2, 0.25) is 10.0 Å². The molecule has 0 fully saturated rings. The number of allylic oxidation sites excluding steroid dienone is 2. The van der Waals surface area contributed by atoms with Crippen LogP contribution >= 0.6 is 23.2 Å². The van der Waals surface area contributed by atoms with Crippen LogP contribution in [0, 0.1) is 10.1 Å². The molecule has 0 radical (unpaired) electrons. The summed E-state index contributed by atoms with van der Waals surface area (Å²) in [5.74, 6) is -0.0542. The van der Waals surface area contributed by atoms with Crippen molar-refractivity contribution in [3.05, 3.63) is 86.7 Å². The summed E-state index contributed by atoms with van der Waals surface area (Å²) in [5, 5.41) is 12.6. The lowest BCUT2D eigenvalue weighted by Crippen LogP contribution is -1.93. The monoisotopic (exact) mass is 360 g/mol. The van der Waals surface area contributed by atoms with Crippen molar-refractivity contribution in [2.45, 2.75) is 0 Å². The summed E-state index contributed by atoms with van der Waals surface area (Å²) in [6.07, 6.45) is 3.19. The molecule has 5 nitrogen and oxygen atoms in total. The second-order valence-electron chi connectivity index (χ2n) is 4.86. The Morgan fingerprint density at radius 2 is 2.04 bits per heavy atom. The number of fused-ring (bicyclic) bond motifs is 1. The number of nitrogens with zero attached hydrogens (tertiary/aromatic N) is 2. The van der Waals surface area contributed by atoms with Gasteiger partial charge in [0.15, 0.2) is 0 Å². The van der Waals surface area contributed by atoms with Gasteiger partial charge < -0.3 is 4.42 Å². The van der Waals surface area contributed by atoms with E-state index in [1.54, 1.807) is 36.4 Å². The Morgan fingerprint density at radius 1 is 1.25 bits per heavy atom. The fourth-order valence-corrected chi connectivity index (χ4v) is 2.71. The van der Waals surface area contributed by atoms with E-state index in [9.17, 15) is 10.1 Å². The van der Waals surface area contributed by atoms with E-state index < -0.39 is 4.92 Å². The standard InChI is InChI=1S/C17H10Cl2N2O3/c1-2-3-12(16-6-7-17(24-16)21(22)23)15-9-13(19)11-5-4-10(18)8-14(11)20-15/h2-9H,1H2/b12-3-. The van der Waals surface area contributed by atoms with Gasteiger partial charge in [-0.15, -0.1) is 0 Å². The minimum atomic E-state index is -0.602. The van der Waals surface area contributed by atoms with Crippen molar-refractivity contribution in [1.29, 1.82) is 0 Å². The Balaban J connectivity index is 2.18. The molecule has 120 valence electrons. The zero-order valence-electron chi connectivity index (χ0n) is 12.2. The van der Waals surface area contributed by atoms with Gasteiger partial charge in [-0.1, -0.05) is 35.9 Å². The van der Waals surface area contributed by atoms with Crippen LogP contribution in [0.3, 0.4) is 0 Å². The van der Waals surface area contributed by atoms with Gasteiger partial charge in [0.25, 0.3) is 0 Å². The molecule has 7 heteroatoms. The molecule has 0 aliphatic rings. The van der Waals surface area contributed by atoms with Crippen LogP contribution in [0.1, 0.15) is 11.5 Å². The molecule has 0 aliphatic heterocycles. The number of hydrogen-bond donors (Lipinski definition) is 0. The third kappa shape index (κ3) is 3.04. The van der Waals surface area contributed by atoms with E-state index in [1.807, 2.05) is 0 Å². The van der Waals surface area contributed by atoms with Crippen molar-refractivity contribution in [3.63, 3.8) is 0 Å². The fourth-order valence-electron chi connectivity index (χ4n) is 2.28. The van der Waals surface area contributed by atoms with Crippen LogP contribution in [-0.2, 0) is 0 Å². The molecule has 24 heavy (non-hydrogen) atoms. The number of furan rings is 1. The maximum atomic E-state index is 10.8. The van der Waals surface area contributed by atoms with Gasteiger partial charge in [-0.2, -0.15) is 0 Å². The summed E-state index contributed by atoms with van der Waals surface area (Å²) in [6, 6.07) is 9.67. The van der Waals surface area contributed by atoms with Crippen LogP contribution in [-0.4, -0.2) is 9.91 Å². The van der Waals surface area contributed by atoms with Gasteiger partial charge in [0, 0.05) is 16.0 Å². The zero-order chi connectivity index (χ0) is 17.3. The van der Waals surface area contributed by atoms with E-state index in [0.717, 1.165) is 5.39 Å². The predicted octanol–water partition coefficient (Wildman–Crippen LogP) is 5.66. The van der Waals surface area contributed by atoms with Crippen molar-refractivity contribution < 1.29 is 9.34 Å². The number of benzene rings is 1. The van der Waals surface area contributed by atoms with Gasteiger partial charge in [-0.05, 0) is 36.4 Å². The lowest BCUT2D eigenvalue weighted by atomic mass is 10.1. The van der Waals surface area contributed by atoms with Crippen molar-refractivity contribution in [2.24, 2.45) is 0 Å². The first-order valence-electron chi connectivity index (χ1n) is 6.83. The highest BCUT2D eigenvalue weighted by Gasteiger charge is 2.17. The summed E-state index contributed by atoms with van der Waals surface area (Å²) in [5.41, 5.74) is 1.64. The largest absolute Gasteiger partial charge is 0.433 e. The Hall–Kier alpha value is -2.63. The molecule has 2 aromatic heterocycles. The molecule has 0 aliphatic carbocycles. The third-order valence-electron chi connectivity index (χ3n) is 3.32. The van der Waals surface area contributed by atoms with Gasteiger partial charge >= 0.3 is 5.88 Å². The van der Waals surface area contributed by atoms with Gasteiger partial charge in [0.1, 0.15) is 10.7 Å². The summed E-state index contributed by atoms with van der Waals surface area (Å²) in [7, 11) is 0. The summed E-state index contributed by atoms with van der Waals surface area (Å²) >= 11 is 12.3. The fraction of sp³-hybridized carbons (Fsp3) is 0. The smallest absolute Gasteiger partial charge is 0.401 e. The molecule has 1 aromatic carbocycles. The molecule has 0 spiro atoms. The predicted molar refractivity (Wildman–Crippen MR) is 94.4 cm³/mol. The highest BCUT2D eigenvalue weighted by Crippen LogP contribution is 2.32. The summed E-state index contributed by atoms with van der Waals surface area (Å²) in [6.45, 7) is 3.66. The van der Waals surface area contributed by atoms with Crippen molar-refractivity contribution >= 4 is 45.6 Å². The van der Waals surface area contributed by atoms with Crippen molar-refractivity contribution in [1.82, 2.24) is 4.98 Å². The van der Waals surface area contributed by atoms with Crippen molar-refractivity contribution in [3.8, 4) is 0 Å². The molecule has 0 unspecified atom stereocenters. The average molecular weight is 361 g/mol. The molecule has 0 saturated heterocycles. The number of rotatable bonds is 4. The maximum Gasteiger partial charge on any atom is 0.433 e. The van der Waals surface area contributed by atoms with Gasteiger partial charge in [-0.25, -0.2) is 4.98 Å². The van der Waals surface area contributed by atoms with Gasteiger partial charge in [0.2, 0.25) is 0 Å². The molecule has 3 aromatic rings. The van der Waals surface area contributed by atoms with Crippen LogP contribution in [0.4, 0.5) is 5.88 Å². The number of hydrogen-bond acceptors (Lipinski definition) is 4. The Morgan fingerprint density at radius 3 is 2.71 bits per heavy atom. The van der Waals surface area contributed by atoms with E-state index in [0.29, 0.717) is 32.6 Å². The SMILES string of the molecule is C=C/C=C(/c1cc(Cl)c2ccc(Cl)cc2n1)c1ccc([N+](=O)[O-])o1. The molecule has 2 heterocycles. The molecular formula is C17H10Cl2N2O3. The van der Waals surface area contributed by atoms with Gasteiger partial charge in [0.05, 0.1) is 22.3 Å². The molecule has 0 atom stereocenters. The van der Waals surface area contributed by atoms with E-state index in [2.05, 4.69) is 11.6 Å². The highest BCUT2D eigenvalue weighted by molar-refractivity contribution is 6.36. The minimum Gasteiger partial charge on any atom is -0.401 e. The minimum absolute atomic E-state index is 0.298.